The minimum atomic E-state index is -4.08. The van der Waals surface area contributed by atoms with Crippen LogP contribution in [0.3, 0.4) is 0 Å². The zero-order chi connectivity index (χ0) is 19.7. The van der Waals surface area contributed by atoms with E-state index in [2.05, 4.69) is 34.3 Å². The molecule has 28 heavy (non-hydrogen) atoms. The van der Waals surface area contributed by atoms with Crippen LogP contribution in [0.2, 0.25) is 0 Å². The second kappa shape index (κ2) is 7.54. The number of rotatable bonds is 4. The molecule has 3 heterocycles. The van der Waals surface area contributed by atoms with Crippen LogP contribution in [-0.2, 0) is 7.05 Å². The molecule has 1 aliphatic heterocycles. The first-order chi connectivity index (χ1) is 13.4. The zero-order valence-electron chi connectivity index (χ0n) is 15.8. The number of hydrogen-bond acceptors (Lipinski definition) is 3. The number of likely N-dealkylation sites (tertiary alicyclic amines) is 1. The van der Waals surface area contributed by atoms with Gasteiger partial charge in [0.1, 0.15) is 0 Å². The molecule has 0 unspecified atom stereocenters. The van der Waals surface area contributed by atoms with Gasteiger partial charge in [-0.25, -0.2) is 0 Å². The van der Waals surface area contributed by atoms with Gasteiger partial charge in [-0.2, -0.15) is 18.3 Å². The van der Waals surface area contributed by atoms with Crippen LogP contribution in [0.25, 0.3) is 22.0 Å². The molecule has 0 bridgehead atoms. The average Bonchev–Trinajstić information content (AvgIpc) is 3.11. The van der Waals surface area contributed by atoms with Crippen molar-refractivity contribution in [2.45, 2.75) is 31.4 Å². The quantitative estimate of drug-likeness (QED) is 0.646. The molecule has 148 valence electrons. The van der Waals surface area contributed by atoms with Gasteiger partial charge in [-0.05, 0) is 49.5 Å². The lowest BCUT2D eigenvalue weighted by molar-refractivity contribution is -0.138. The van der Waals surface area contributed by atoms with Gasteiger partial charge >= 0.3 is 6.18 Å². The Morgan fingerprint density at radius 3 is 2.54 bits per heavy atom. The van der Waals surface area contributed by atoms with Gasteiger partial charge in [0.05, 0.1) is 12.1 Å². The Morgan fingerprint density at radius 2 is 1.86 bits per heavy atom. The number of pyridine rings is 1. The number of hydrogen-bond donors (Lipinski definition) is 0. The van der Waals surface area contributed by atoms with E-state index in [4.69, 9.17) is 0 Å². The number of aromatic nitrogens is 3. The predicted molar refractivity (Wildman–Crippen MR) is 103 cm³/mol. The maximum atomic E-state index is 12.4. The van der Waals surface area contributed by atoms with E-state index >= 15 is 0 Å². The van der Waals surface area contributed by atoms with Gasteiger partial charge < -0.3 is 4.90 Å². The topological polar surface area (TPSA) is 34.0 Å². The summed E-state index contributed by atoms with van der Waals surface area (Å²) in [6.45, 7) is 1.47. The van der Waals surface area contributed by atoms with E-state index in [0.29, 0.717) is 19.0 Å². The molecule has 0 aliphatic carbocycles. The van der Waals surface area contributed by atoms with Gasteiger partial charge in [0.25, 0.3) is 0 Å². The summed E-state index contributed by atoms with van der Waals surface area (Å²) in [5.41, 5.74) is 3.19. The van der Waals surface area contributed by atoms with Crippen LogP contribution in [0, 0.1) is 0 Å². The third-order valence-electron chi connectivity index (χ3n) is 5.58. The van der Waals surface area contributed by atoms with E-state index in [9.17, 15) is 13.2 Å². The minimum Gasteiger partial charge on any atom is -0.303 e. The monoisotopic (exact) mass is 388 g/mol. The second-order valence-corrected chi connectivity index (χ2v) is 7.49. The smallest absolute Gasteiger partial charge is 0.303 e. The van der Waals surface area contributed by atoms with Crippen LogP contribution in [-0.4, -0.2) is 45.5 Å². The van der Waals surface area contributed by atoms with Crippen molar-refractivity contribution < 1.29 is 13.2 Å². The number of halogens is 3. The summed E-state index contributed by atoms with van der Waals surface area (Å²) in [5, 5.41) is 6.44. The molecule has 0 spiro atoms. The Hall–Kier alpha value is -2.41. The van der Waals surface area contributed by atoms with E-state index in [1.165, 1.54) is 0 Å². The molecular formula is C21H23F3N4. The molecule has 0 atom stereocenters. The van der Waals surface area contributed by atoms with Crippen LogP contribution < -0.4 is 0 Å². The van der Waals surface area contributed by atoms with Crippen LogP contribution in [0.15, 0.2) is 42.7 Å². The summed E-state index contributed by atoms with van der Waals surface area (Å²) in [5.74, 6) is 0.298. The number of fused-ring (bicyclic) bond motifs is 1. The number of nitrogens with zero attached hydrogens (tertiary/aromatic N) is 4. The molecule has 2 aromatic heterocycles. The first-order valence-corrected chi connectivity index (χ1v) is 9.56. The maximum absolute atomic E-state index is 12.4. The maximum Gasteiger partial charge on any atom is 0.390 e. The third-order valence-corrected chi connectivity index (χ3v) is 5.58. The summed E-state index contributed by atoms with van der Waals surface area (Å²) >= 11 is 0. The molecule has 3 aromatic rings. The third kappa shape index (κ3) is 4.19. The fourth-order valence-electron chi connectivity index (χ4n) is 3.93. The van der Waals surface area contributed by atoms with Crippen LogP contribution in [0.1, 0.15) is 30.9 Å². The first-order valence-electron chi connectivity index (χ1n) is 9.56. The van der Waals surface area contributed by atoms with E-state index in [1.807, 2.05) is 28.9 Å². The molecule has 4 nitrogen and oxygen atoms in total. The zero-order valence-corrected chi connectivity index (χ0v) is 15.8. The Bertz CT molecular complexity index is 956. The molecule has 0 saturated carbocycles. The molecule has 0 amide bonds. The van der Waals surface area contributed by atoms with Crippen molar-refractivity contribution >= 4 is 10.8 Å². The van der Waals surface area contributed by atoms with E-state index in [-0.39, 0.29) is 6.54 Å². The first kappa shape index (κ1) is 18.9. The molecule has 1 saturated heterocycles. The molecular weight excluding hydrogens is 365 g/mol. The van der Waals surface area contributed by atoms with E-state index in [1.54, 1.807) is 6.20 Å². The lowest BCUT2D eigenvalue weighted by atomic mass is 9.92. The van der Waals surface area contributed by atoms with Gasteiger partial charge in [0.15, 0.2) is 0 Å². The lowest BCUT2D eigenvalue weighted by Gasteiger charge is -2.31. The number of piperidine rings is 1. The average molecular weight is 388 g/mol. The van der Waals surface area contributed by atoms with Crippen molar-refractivity contribution in [2.24, 2.45) is 7.05 Å². The predicted octanol–water partition coefficient (Wildman–Crippen LogP) is 4.77. The van der Waals surface area contributed by atoms with Crippen LogP contribution in [0.5, 0.6) is 0 Å². The molecule has 4 rings (SSSR count). The number of alkyl halides is 3. The molecule has 1 aliphatic rings. The van der Waals surface area contributed by atoms with Crippen LogP contribution in [0.4, 0.5) is 13.2 Å². The van der Waals surface area contributed by atoms with Gasteiger partial charge in [0, 0.05) is 48.5 Å². The Balaban J connectivity index is 1.48. The summed E-state index contributed by atoms with van der Waals surface area (Å²) < 4.78 is 39.1. The van der Waals surface area contributed by atoms with Crippen molar-refractivity contribution in [3.63, 3.8) is 0 Å². The van der Waals surface area contributed by atoms with E-state index < -0.39 is 12.6 Å². The lowest BCUT2D eigenvalue weighted by Crippen LogP contribution is -2.35. The van der Waals surface area contributed by atoms with Crippen molar-refractivity contribution in [1.29, 1.82) is 0 Å². The second-order valence-electron chi connectivity index (χ2n) is 7.49. The molecule has 0 radical (unpaired) electrons. The minimum absolute atomic E-state index is 0.0927. The Labute approximate surface area is 162 Å². The highest BCUT2D eigenvalue weighted by Gasteiger charge is 2.29. The highest BCUT2D eigenvalue weighted by Crippen LogP contribution is 2.31. The van der Waals surface area contributed by atoms with Gasteiger partial charge in [-0.3, -0.25) is 9.67 Å². The number of aryl methyl sites for hydroxylation is 1. The standard InChI is InChI=1S/C21H23F3N4/c1-27-20(4-8-26-27)16-2-3-17-14-25-19(13-18(17)12-16)15-5-9-28(10-6-15)11-7-21(22,23)24/h2-4,8,12-15H,5-7,9-11H2,1H3. The molecule has 0 N–H and O–H groups in total. The van der Waals surface area contributed by atoms with Gasteiger partial charge in [0.2, 0.25) is 0 Å². The normalized spacial score (nSPS) is 16.7. The fourth-order valence-corrected chi connectivity index (χ4v) is 3.93. The van der Waals surface area contributed by atoms with E-state index in [0.717, 1.165) is 40.6 Å². The molecule has 1 fully saturated rings. The van der Waals surface area contributed by atoms with Gasteiger partial charge in [-0.15, -0.1) is 0 Å². The van der Waals surface area contributed by atoms with Crippen LogP contribution >= 0.6 is 0 Å². The Kier molecular flexibility index (Phi) is 5.10. The number of benzene rings is 1. The summed E-state index contributed by atoms with van der Waals surface area (Å²) in [6, 6.07) is 10.4. The largest absolute Gasteiger partial charge is 0.390 e. The molecule has 1 aromatic carbocycles. The molecule has 7 heteroatoms. The van der Waals surface area contributed by atoms with Crippen molar-refractivity contribution in [3.8, 4) is 11.3 Å². The highest BCUT2D eigenvalue weighted by atomic mass is 19.4. The van der Waals surface area contributed by atoms with Crippen molar-refractivity contribution in [2.75, 3.05) is 19.6 Å². The summed E-state index contributed by atoms with van der Waals surface area (Å²) in [7, 11) is 1.92. The fraction of sp³-hybridized carbons (Fsp3) is 0.429. The van der Waals surface area contributed by atoms with Gasteiger partial charge in [-0.1, -0.05) is 12.1 Å². The summed E-state index contributed by atoms with van der Waals surface area (Å²) in [4.78, 5) is 6.54. The Morgan fingerprint density at radius 1 is 1.07 bits per heavy atom. The SMILES string of the molecule is Cn1nccc1-c1ccc2cnc(C3CCN(CCC(F)(F)F)CC3)cc2c1. The van der Waals surface area contributed by atoms with Crippen molar-refractivity contribution in [1.82, 2.24) is 19.7 Å². The van der Waals surface area contributed by atoms with Crippen molar-refractivity contribution in [3.05, 3.63) is 48.4 Å². The summed E-state index contributed by atoms with van der Waals surface area (Å²) in [6.07, 6.45) is 0.554. The highest BCUT2D eigenvalue weighted by molar-refractivity contribution is 5.86.